The highest BCUT2D eigenvalue weighted by atomic mass is 16.1. The highest BCUT2D eigenvalue weighted by Crippen LogP contribution is 2.39. The Kier molecular flexibility index (Phi) is 4.37. The lowest BCUT2D eigenvalue weighted by atomic mass is 9.89. The fourth-order valence-corrected chi connectivity index (χ4v) is 2.48. The van der Waals surface area contributed by atoms with E-state index in [9.17, 15) is 4.79 Å². The summed E-state index contributed by atoms with van der Waals surface area (Å²) in [6.45, 7) is 8.39. The Balaban J connectivity index is 2.42. The van der Waals surface area contributed by atoms with E-state index in [0.29, 0.717) is 17.8 Å². The normalized spacial score (nSPS) is 32.1. The van der Waals surface area contributed by atoms with Crippen molar-refractivity contribution < 1.29 is 4.79 Å². The third-order valence-electron chi connectivity index (χ3n) is 3.40. The molecule has 0 saturated heterocycles. The Hall–Kier alpha value is -0.590. The fraction of sp³-hybridized carbons (Fsp3) is 0.769. The fourth-order valence-electron chi connectivity index (χ4n) is 2.48. The third-order valence-corrected chi connectivity index (χ3v) is 3.40. The molecule has 3 atom stereocenters. The molecule has 1 fully saturated rings. The van der Waals surface area contributed by atoms with Crippen LogP contribution in [0.4, 0.5) is 0 Å². The summed E-state index contributed by atoms with van der Waals surface area (Å²) in [7, 11) is 0. The van der Waals surface area contributed by atoms with Crippen molar-refractivity contribution in [2.24, 2.45) is 23.7 Å². The van der Waals surface area contributed by atoms with Crippen LogP contribution in [0.5, 0.6) is 0 Å². The van der Waals surface area contributed by atoms with Gasteiger partial charge in [0.15, 0.2) is 0 Å². The summed E-state index contributed by atoms with van der Waals surface area (Å²) in [5.74, 6) is 2.37. The van der Waals surface area contributed by atoms with Crippen molar-refractivity contribution in [2.75, 3.05) is 0 Å². The van der Waals surface area contributed by atoms with Gasteiger partial charge in [-0.15, -0.1) is 6.58 Å². The standard InChI is InChI=1S/C13H22O/c1-4-12-7-11(9-14)8-13(12)6-5-10(2)3/h4,9-13H,1,5-8H2,2-3H3. The number of carbonyl (C=O) groups excluding carboxylic acids is 1. The highest BCUT2D eigenvalue weighted by Gasteiger charge is 2.31. The number of allylic oxidation sites excluding steroid dienone is 1. The zero-order chi connectivity index (χ0) is 10.6. The first-order valence-electron chi connectivity index (χ1n) is 5.75. The molecule has 0 amide bonds. The maximum Gasteiger partial charge on any atom is 0.123 e. The highest BCUT2D eigenvalue weighted by molar-refractivity contribution is 5.54. The van der Waals surface area contributed by atoms with Crippen molar-refractivity contribution in [1.82, 2.24) is 0 Å². The molecule has 0 aromatic rings. The van der Waals surface area contributed by atoms with Gasteiger partial charge in [0.1, 0.15) is 6.29 Å². The maximum atomic E-state index is 10.7. The van der Waals surface area contributed by atoms with Gasteiger partial charge in [0.25, 0.3) is 0 Å². The van der Waals surface area contributed by atoms with E-state index >= 15 is 0 Å². The minimum atomic E-state index is 0.301. The van der Waals surface area contributed by atoms with Crippen molar-refractivity contribution in [3.05, 3.63) is 12.7 Å². The largest absolute Gasteiger partial charge is 0.303 e. The van der Waals surface area contributed by atoms with Crippen LogP contribution in [0.15, 0.2) is 12.7 Å². The average Bonchev–Trinajstić information content (AvgIpc) is 2.57. The molecule has 80 valence electrons. The van der Waals surface area contributed by atoms with Crippen LogP contribution in [0.1, 0.15) is 39.5 Å². The minimum absolute atomic E-state index is 0.301. The lowest BCUT2D eigenvalue weighted by molar-refractivity contribution is -0.111. The first kappa shape index (κ1) is 11.5. The molecule has 1 aliphatic rings. The first-order chi connectivity index (χ1) is 6.67. The van der Waals surface area contributed by atoms with Crippen LogP contribution >= 0.6 is 0 Å². The molecule has 1 saturated carbocycles. The maximum absolute atomic E-state index is 10.7. The van der Waals surface area contributed by atoms with E-state index in [1.807, 2.05) is 0 Å². The number of aldehydes is 1. The number of carbonyl (C=O) groups is 1. The zero-order valence-corrected chi connectivity index (χ0v) is 9.41. The van der Waals surface area contributed by atoms with Crippen LogP contribution in [0.3, 0.4) is 0 Å². The van der Waals surface area contributed by atoms with Crippen LogP contribution in [0.2, 0.25) is 0 Å². The second-order valence-corrected chi connectivity index (χ2v) is 5.00. The summed E-state index contributed by atoms with van der Waals surface area (Å²) >= 11 is 0. The van der Waals surface area contributed by atoms with Gasteiger partial charge in [-0.3, -0.25) is 0 Å². The second-order valence-electron chi connectivity index (χ2n) is 5.00. The molecule has 1 aliphatic carbocycles. The van der Waals surface area contributed by atoms with Crippen LogP contribution in [-0.2, 0) is 4.79 Å². The van der Waals surface area contributed by atoms with E-state index in [-0.39, 0.29) is 0 Å². The predicted molar refractivity (Wildman–Crippen MR) is 60.0 cm³/mol. The number of rotatable bonds is 5. The number of hydrogen-bond donors (Lipinski definition) is 0. The SMILES string of the molecule is C=CC1CC(C=O)CC1CCC(C)C. The Morgan fingerprint density at radius 2 is 2.14 bits per heavy atom. The molecule has 0 N–H and O–H groups in total. The molecule has 14 heavy (non-hydrogen) atoms. The Morgan fingerprint density at radius 3 is 2.64 bits per heavy atom. The Bertz CT molecular complexity index is 195. The summed E-state index contributed by atoms with van der Waals surface area (Å²) in [4.78, 5) is 10.7. The Morgan fingerprint density at radius 1 is 1.43 bits per heavy atom. The van der Waals surface area contributed by atoms with Gasteiger partial charge in [0.05, 0.1) is 0 Å². The van der Waals surface area contributed by atoms with Crippen molar-refractivity contribution in [2.45, 2.75) is 39.5 Å². The molecule has 0 spiro atoms. The molecule has 1 nitrogen and oxygen atoms in total. The van der Waals surface area contributed by atoms with E-state index in [1.54, 1.807) is 0 Å². The average molecular weight is 194 g/mol. The second kappa shape index (κ2) is 5.33. The molecule has 1 heteroatoms. The van der Waals surface area contributed by atoms with Gasteiger partial charge in [0, 0.05) is 5.92 Å². The van der Waals surface area contributed by atoms with Crippen molar-refractivity contribution >= 4 is 6.29 Å². The minimum Gasteiger partial charge on any atom is -0.303 e. The summed E-state index contributed by atoms with van der Waals surface area (Å²) in [6, 6.07) is 0. The molecule has 0 bridgehead atoms. The summed E-state index contributed by atoms with van der Waals surface area (Å²) in [6.07, 6.45) is 7.85. The molecular weight excluding hydrogens is 172 g/mol. The first-order valence-corrected chi connectivity index (χ1v) is 5.75. The monoisotopic (exact) mass is 194 g/mol. The van der Waals surface area contributed by atoms with E-state index in [4.69, 9.17) is 0 Å². The molecule has 0 aromatic carbocycles. The summed E-state index contributed by atoms with van der Waals surface area (Å²) in [5, 5.41) is 0. The van der Waals surface area contributed by atoms with Crippen molar-refractivity contribution in [1.29, 1.82) is 0 Å². The van der Waals surface area contributed by atoms with Gasteiger partial charge in [-0.05, 0) is 37.0 Å². The van der Waals surface area contributed by atoms with Crippen LogP contribution in [0.25, 0.3) is 0 Å². The van der Waals surface area contributed by atoms with E-state index in [2.05, 4.69) is 26.5 Å². The van der Waals surface area contributed by atoms with Gasteiger partial charge >= 0.3 is 0 Å². The molecule has 3 unspecified atom stereocenters. The zero-order valence-electron chi connectivity index (χ0n) is 9.41. The van der Waals surface area contributed by atoms with Gasteiger partial charge in [-0.1, -0.05) is 26.3 Å². The van der Waals surface area contributed by atoms with Crippen molar-refractivity contribution in [3.63, 3.8) is 0 Å². The third kappa shape index (κ3) is 2.97. The van der Waals surface area contributed by atoms with Crippen molar-refractivity contribution in [3.8, 4) is 0 Å². The van der Waals surface area contributed by atoms with Crippen LogP contribution < -0.4 is 0 Å². The molecule has 1 rings (SSSR count). The van der Waals surface area contributed by atoms with Crippen LogP contribution in [-0.4, -0.2) is 6.29 Å². The van der Waals surface area contributed by atoms with Crippen LogP contribution in [0, 0.1) is 23.7 Å². The van der Waals surface area contributed by atoms with E-state index in [1.165, 1.54) is 12.8 Å². The summed E-state index contributed by atoms with van der Waals surface area (Å²) < 4.78 is 0. The van der Waals surface area contributed by atoms with Gasteiger partial charge in [0.2, 0.25) is 0 Å². The Labute approximate surface area is 87.6 Å². The molecular formula is C13H22O. The van der Waals surface area contributed by atoms with Gasteiger partial charge < -0.3 is 4.79 Å². The molecule has 0 aliphatic heterocycles. The predicted octanol–water partition coefficient (Wildman–Crippen LogP) is 3.45. The summed E-state index contributed by atoms with van der Waals surface area (Å²) in [5.41, 5.74) is 0. The molecule has 0 heterocycles. The number of hydrogen-bond acceptors (Lipinski definition) is 1. The lowest BCUT2D eigenvalue weighted by Crippen LogP contribution is -2.06. The van der Waals surface area contributed by atoms with Gasteiger partial charge in [-0.2, -0.15) is 0 Å². The van der Waals surface area contributed by atoms with Gasteiger partial charge in [-0.25, -0.2) is 0 Å². The quantitative estimate of drug-likeness (QED) is 0.484. The van der Waals surface area contributed by atoms with E-state index < -0.39 is 0 Å². The lowest BCUT2D eigenvalue weighted by Gasteiger charge is -2.16. The molecule has 0 aromatic heterocycles. The molecule has 0 radical (unpaired) electrons. The van der Waals surface area contributed by atoms with E-state index in [0.717, 1.165) is 25.0 Å². The smallest absolute Gasteiger partial charge is 0.123 e. The topological polar surface area (TPSA) is 17.1 Å².